The van der Waals surface area contributed by atoms with Crippen molar-refractivity contribution >= 4 is 29.0 Å². The second-order valence-electron chi connectivity index (χ2n) is 12.5. The average Bonchev–Trinajstić information content (AvgIpc) is 3.13. The van der Waals surface area contributed by atoms with Gasteiger partial charge in [0.2, 0.25) is 0 Å². The SMILES string of the molecule is O=C(C(c1ccc(Cl)cc1)C(c1ccccc1)c1cccc(C(F)(F)F)c1)C(c1ccc(Cl)cc1)C(c1ccccc1)c1cccc(C(F)(F)F)c1. The summed E-state index contributed by atoms with van der Waals surface area (Å²) >= 11 is 12.6. The van der Waals surface area contributed by atoms with E-state index in [1.54, 1.807) is 121 Å². The first-order valence-corrected chi connectivity index (χ1v) is 17.1. The van der Waals surface area contributed by atoms with Gasteiger partial charge in [0.15, 0.2) is 0 Å². The van der Waals surface area contributed by atoms with Crippen molar-refractivity contribution in [1.82, 2.24) is 0 Å². The number of Topliss-reactive ketones (excluding diaryl/α,β-unsaturated/α-hetero) is 1. The van der Waals surface area contributed by atoms with E-state index in [0.29, 0.717) is 32.3 Å². The number of rotatable bonds is 10. The van der Waals surface area contributed by atoms with Crippen LogP contribution in [0.15, 0.2) is 158 Å². The van der Waals surface area contributed by atoms with Crippen LogP contribution in [-0.2, 0) is 17.1 Å². The molecular weight excluding hydrogens is 717 g/mol. The van der Waals surface area contributed by atoms with E-state index in [1.165, 1.54) is 12.1 Å². The topological polar surface area (TPSA) is 17.1 Å². The van der Waals surface area contributed by atoms with E-state index in [1.807, 2.05) is 0 Å². The third-order valence-electron chi connectivity index (χ3n) is 9.20. The number of hydrogen-bond donors (Lipinski definition) is 0. The monoisotopic (exact) mass is 746 g/mol. The van der Waals surface area contributed by atoms with Crippen molar-refractivity contribution in [3.8, 4) is 0 Å². The quantitative estimate of drug-likeness (QED) is 0.128. The molecule has 4 unspecified atom stereocenters. The van der Waals surface area contributed by atoms with E-state index < -0.39 is 52.9 Å². The molecular formula is C43H30Cl2F6O. The van der Waals surface area contributed by atoms with Gasteiger partial charge in [-0.1, -0.05) is 145 Å². The summed E-state index contributed by atoms with van der Waals surface area (Å²) in [5, 5.41) is 0.760. The van der Waals surface area contributed by atoms with Crippen LogP contribution in [0.3, 0.4) is 0 Å². The van der Waals surface area contributed by atoms with Crippen LogP contribution >= 0.6 is 23.2 Å². The summed E-state index contributed by atoms with van der Waals surface area (Å²) in [4.78, 5) is 15.8. The molecule has 0 bridgehead atoms. The van der Waals surface area contributed by atoms with E-state index in [9.17, 15) is 26.3 Å². The molecule has 0 saturated carbocycles. The molecule has 4 atom stereocenters. The highest BCUT2D eigenvalue weighted by molar-refractivity contribution is 6.30. The molecule has 0 N–H and O–H groups in total. The zero-order valence-electron chi connectivity index (χ0n) is 27.3. The van der Waals surface area contributed by atoms with Crippen LogP contribution in [0.2, 0.25) is 10.0 Å². The van der Waals surface area contributed by atoms with Gasteiger partial charge in [0, 0.05) is 21.9 Å². The van der Waals surface area contributed by atoms with Gasteiger partial charge in [0.05, 0.1) is 23.0 Å². The number of carbonyl (C=O) groups excluding carboxylic acids is 1. The molecule has 6 rings (SSSR count). The van der Waals surface area contributed by atoms with Gasteiger partial charge in [0.25, 0.3) is 0 Å². The normalized spacial score (nSPS) is 14.3. The molecule has 0 aromatic heterocycles. The van der Waals surface area contributed by atoms with Crippen molar-refractivity contribution in [1.29, 1.82) is 0 Å². The second kappa shape index (κ2) is 15.4. The minimum atomic E-state index is -4.66. The Kier molecular flexibility index (Phi) is 10.9. The van der Waals surface area contributed by atoms with Gasteiger partial charge in [0.1, 0.15) is 5.78 Å². The maximum atomic E-state index is 15.8. The fourth-order valence-electron chi connectivity index (χ4n) is 6.87. The fraction of sp³-hybridized carbons (Fsp3) is 0.140. The van der Waals surface area contributed by atoms with Crippen LogP contribution < -0.4 is 0 Å². The molecule has 264 valence electrons. The van der Waals surface area contributed by atoms with Crippen LogP contribution in [0.4, 0.5) is 26.3 Å². The summed E-state index contributed by atoms with van der Waals surface area (Å²) in [6.07, 6.45) is -9.32. The first kappa shape index (κ1) is 36.9. The van der Waals surface area contributed by atoms with Gasteiger partial charge in [-0.25, -0.2) is 0 Å². The lowest BCUT2D eigenvalue weighted by Gasteiger charge is -2.35. The summed E-state index contributed by atoms with van der Waals surface area (Å²) < 4.78 is 85.0. The lowest BCUT2D eigenvalue weighted by atomic mass is 9.66. The van der Waals surface area contributed by atoms with Crippen LogP contribution in [0.5, 0.6) is 0 Å². The molecule has 6 aromatic rings. The highest BCUT2D eigenvalue weighted by atomic mass is 35.5. The Morgan fingerprint density at radius 1 is 0.404 bits per heavy atom. The molecule has 52 heavy (non-hydrogen) atoms. The number of ketones is 1. The first-order valence-electron chi connectivity index (χ1n) is 16.3. The molecule has 1 nitrogen and oxygen atoms in total. The smallest absolute Gasteiger partial charge is 0.298 e. The zero-order valence-corrected chi connectivity index (χ0v) is 28.8. The molecule has 0 fully saturated rings. The molecule has 0 amide bonds. The number of hydrogen-bond acceptors (Lipinski definition) is 1. The van der Waals surface area contributed by atoms with Crippen molar-refractivity contribution in [3.63, 3.8) is 0 Å². The summed E-state index contributed by atoms with van der Waals surface area (Å²) in [6, 6.07) is 40.3. The van der Waals surface area contributed by atoms with Gasteiger partial charge in [-0.2, -0.15) is 26.3 Å². The molecule has 6 aromatic carbocycles. The molecule has 0 spiro atoms. The van der Waals surface area contributed by atoms with Crippen LogP contribution in [0.25, 0.3) is 0 Å². The highest BCUT2D eigenvalue weighted by Crippen LogP contribution is 2.49. The zero-order chi connectivity index (χ0) is 37.0. The Labute approximate surface area is 307 Å². The number of benzene rings is 6. The highest BCUT2D eigenvalue weighted by Gasteiger charge is 2.42. The summed E-state index contributed by atoms with van der Waals surface area (Å²) in [7, 11) is 0. The Balaban J connectivity index is 1.66. The summed E-state index contributed by atoms with van der Waals surface area (Å²) in [5.74, 6) is -4.61. The van der Waals surface area contributed by atoms with E-state index >= 15 is 4.79 Å². The minimum Gasteiger partial charge on any atom is -0.298 e. The third kappa shape index (κ3) is 8.27. The molecule has 0 aliphatic rings. The van der Waals surface area contributed by atoms with E-state index in [-0.39, 0.29) is 11.1 Å². The fourth-order valence-corrected chi connectivity index (χ4v) is 7.12. The average molecular weight is 748 g/mol. The minimum absolute atomic E-state index is 0.236. The van der Waals surface area contributed by atoms with Gasteiger partial charge >= 0.3 is 12.4 Å². The van der Waals surface area contributed by atoms with Gasteiger partial charge in [-0.05, 0) is 69.8 Å². The largest absolute Gasteiger partial charge is 0.416 e. The van der Waals surface area contributed by atoms with Gasteiger partial charge in [-0.15, -0.1) is 0 Å². The third-order valence-corrected chi connectivity index (χ3v) is 9.71. The van der Waals surface area contributed by atoms with Crippen molar-refractivity contribution in [3.05, 3.63) is 212 Å². The number of carbonyl (C=O) groups is 1. The maximum absolute atomic E-state index is 15.8. The molecule has 0 aliphatic carbocycles. The predicted octanol–water partition coefficient (Wildman–Crippen LogP) is 13.1. The molecule has 0 aliphatic heterocycles. The summed E-state index contributed by atoms with van der Waals surface area (Å²) in [6.45, 7) is 0. The van der Waals surface area contributed by atoms with Crippen molar-refractivity contribution < 1.29 is 31.1 Å². The van der Waals surface area contributed by atoms with Crippen LogP contribution in [0.1, 0.15) is 68.2 Å². The van der Waals surface area contributed by atoms with Crippen molar-refractivity contribution in [2.75, 3.05) is 0 Å². The standard InChI is InChI=1S/C43H30Cl2F6O/c44-35-21-17-29(18-22-35)39(37(27-9-3-1-4-10-27)31-13-7-15-33(25-31)42(46,47)48)41(52)40(30-19-23-36(45)24-20-30)38(28-11-5-2-6-12-28)32-14-8-16-34(26-32)43(49,50)51/h1-26,37-40H. The van der Waals surface area contributed by atoms with Crippen LogP contribution in [0, 0.1) is 0 Å². The lowest BCUT2D eigenvalue weighted by Crippen LogP contribution is -2.31. The van der Waals surface area contributed by atoms with E-state index in [0.717, 1.165) is 24.3 Å². The first-order chi connectivity index (χ1) is 24.8. The summed E-state index contributed by atoms with van der Waals surface area (Å²) in [5.41, 5.74) is 0.785. The van der Waals surface area contributed by atoms with Gasteiger partial charge < -0.3 is 0 Å². The maximum Gasteiger partial charge on any atom is 0.416 e. The Morgan fingerprint density at radius 2 is 0.731 bits per heavy atom. The Hall–Kier alpha value is -4.85. The van der Waals surface area contributed by atoms with E-state index in [2.05, 4.69) is 0 Å². The van der Waals surface area contributed by atoms with Gasteiger partial charge in [-0.3, -0.25) is 4.79 Å². The predicted molar refractivity (Wildman–Crippen MR) is 193 cm³/mol. The molecule has 0 saturated heterocycles. The Morgan fingerprint density at radius 3 is 1.06 bits per heavy atom. The van der Waals surface area contributed by atoms with Crippen molar-refractivity contribution in [2.24, 2.45) is 0 Å². The Bertz CT molecular complexity index is 1960. The van der Waals surface area contributed by atoms with Crippen LogP contribution in [-0.4, -0.2) is 5.78 Å². The van der Waals surface area contributed by atoms with E-state index in [4.69, 9.17) is 23.2 Å². The molecule has 0 heterocycles. The lowest BCUT2D eigenvalue weighted by molar-refractivity contribution is -0.138. The number of halogens is 8. The number of alkyl halides is 6. The molecule has 9 heteroatoms. The second-order valence-corrected chi connectivity index (χ2v) is 13.4. The molecule has 0 radical (unpaired) electrons. The van der Waals surface area contributed by atoms with Crippen molar-refractivity contribution in [2.45, 2.75) is 36.0 Å².